The number of rotatable bonds is 5. The largest absolute Gasteiger partial charge is 0.507 e. The summed E-state index contributed by atoms with van der Waals surface area (Å²) < 4.78 is 4.86. The summed E-state index contributed by atoms with van der Waals surface area (Å²) in [7, 11) is 0. The van der Waals surface area contributed by atoms with E-state index in [1.807, 2.05) is 0 Å². The fraction of sp³-hybridized carbons (Fsp3) is 0.176. The zero-order valence-electron chi connectivity index (χ0n) is 13.6. The first-order valence-corrected chi connectivity index (χ1v) is 7.30. The van der Waals surface area contributed by atoms with E-state index >= 15 is 0 Å². The number of carbonyl (C=O) groups excluding carboxylic acids is 2. The van der Waals surface area contributed by atoms with Crippen LogP contribution in [-0.4, -0.2) is 28.5 Å². The lowest BCUT2D eigenvalue weighted by Crippen LogP contribution is -2.22. The van der Waals surface area contributed by atoms with Gasteiger partial charge in [0, 0.05) is 6.07 Å². The van der Waals surface area contributed by atoms with Crippen LogP contribution in [0.4, 0.5) is 11.4 Å². The van der Waals surface area contributed by atoms with Crippen LogP contribution in [-0.2, 0) is 9.53 Å². The molecule has 25 heavy (non-hydrogen) atoms. The molecule has 0 saturated heterocycles. The molecule has 0 heterocycles. The number of para-hydroxylation sites is 2. The van der Waals surface area contributed by atoms with Gasteiger partial charge >= 0.3 is 5.97 Å². The number of amides is 1. The number of nitrogens with zero attached hydrogens (tertiary/aromatic N) is 1. The molecule has 0 aliphatic rings. The zero-order valence-corrected chi connectivity index (χ0v) is 13.6. The predicted octanol–water partition coefficient (Wildman–Crippen LogP) is 2.71. The van der Waals surface area contributed by atoms with E-state index in [1.165, 1.54) is 18.2 Å². The van der Waals surface area contributed by atoms with Crippen molar-refractivity contribution in [3.8, 4) is 5.75 Å². The first-order valence-electron chi connectivity index (χ1n) is 7.30. The maximum atomic E-state index is 12.0. The van der Waals surface area contributed by atoms with E-state index in [2.05, 4.69) is 5.32 Å². The quantitative estimate of drug-likeness (QED) is 0.489. The average molecular weight is 344 g/mol. The molecule has 8 nitrogen and oxygen atoms in total. The summed E-state index contributed by atoms with van der Waals surface area (Å²) in [4.78, 5) is 34.3. The van der Waals surface area contributed by atoms with Crippen LogP contribution >= 0.6 is 0 Å². The van der Waals surface area contributed by atoms with Crippen LogP contribution in [0.15, 0.2) is 36.4 Å². The summed E-state index contributed by atoms with van der Waals surface area (Å²) in [6, 6.07) is 8.94. The monoisotopic (exact) mass is 344 g/mol. The lowest BCUT2D eigenvalue weighted by molar-refractivity contribution is -0.384. The molecule has 2 aromatic rings. The Morgan fingerprint density at radius 2 is 1.80 bits per heavy atom. The SMILES string of the molecule is Cc1cccc(C(=O)OCC(=O)Nc2c(C)cccc2[N+](=O)[O-])c1O. The maximum absolute atomic E-state index is 12.0. The van der Waals surface area contributed by atoms with Gasteiger partial charge in [-0.3, -0.25) is 14.9 Å². The van der Waals surface area contributed by atoms with Crippen LogP contribution in [0.3, 0.4) is 0 Å². The van der Waals surface area contributed by atoms with E-state index in [0.29, 0.717) is 11.1 Å². The normalized spacial score (nSPS) is 10.2. The molecule has 1 amide bonds. The zero-order chi connectivity index (χ0) is 18.6. The third-order valence-electron chi connectivity index (χ3n) is 3.50. The fourth-order valence-corrected chi connectivity index (χ4v) is 2.18. The first kappa shape index (κ1) is 17.9. The molecule has 0 radical (unpaired) electrons. The fourth-order valence-electron chi connectivity index (χ4n) is 2.18. The molecule has 2 aromatic carbocycles. The van der Waals surface area contributed by atoms with Gasteiger partial charge in [-0.15, -0.1) is 0 Å². The Morgan fingerprint density at radius 1 is 1.16 bits per heavy atom. The van der Waals surface area contributed by atoms with Crippen LogP contribution in [0.5, 0.6) is 5.75 Å². The molecule has 0 saturated carbocycles. The van der Waals surface area contributed by atoms with Crippen molar-refractivity contribution >= 4 is 23.3 Å². The maximum Gasteiger partial charge on any atom is 0.342 e. The van der Waals surface area contributed by atoms with Gasteiger partial charge in [0.05, 0.1) is 4.92 Å². The lowest BCUT2D eigenvalue weighted by atomic mass is 10.1. The molecule has 0 aliphatic heterocycles. The predicted molar refractivity (Wildman–Crippen MR) is 89.6 cm³/mol. The number of carbonyl (C=O) groups is 2. The van der Waals surface area contributed by atoms with Crippen LogP contribution < -0.4 is 5.32 Å². The first-order chi connectivity index (χ1) is 11.8. The highest BCUT2D eigenvalue weighted by Crippen LogP contribution is 2.27. The molecule has 2 rings (SSSR count). The highest BCUT2D eigenvalue weighted by Gasteiger charge is 2.19. The van der Waals surface area contributed by atoms with Gasteiger partial charge in [0.1, 0.15) is 17.0 Å². The van der Waals surface area contributed by atoms with Gasteiger partial charge in [-0.05, 0) is 31.0 Å². The molecule has 8 heteroatoms. The highest BCUT2D eigenvalue weighted by atomic mass is 16.6. The Bertz CT molecular complexity index is 847. The van der Waals surface area contributed by atoms with Gasteiger partial charge in [0.2, 0.25) is 0 Å². The van der Waals surface area contributed by atoms with Crippen molar-refractivity contribution in [2.24, 2.45) is 0 Å². The van der Waals surface area contributed by atoms with Crippen molar-refractivity contribution < 1.29 is 24.4 Å². The molecule has 0 fully saturated rings. The van der Waals surface area contributed by atoms with E-state index in [1.54, 1.807) is 32.0 Å². The molecule has 0 spiro atoms. The van der Waals surface area contributed by atoms with Crippen molar-refractivity contribution in [1.29, 1.82) is 0 Å². The Labute approximate surface area is 143 Å². The third kappa shape index (κ3) is 4.11. The molecular formula is C17H16N2O6. The van der Waals surface area contributed by atoms with Gasteiger partial charge in [0.25, 0.3) is 11.6 Å². The number of benzene rings is 2. The standard InChI is InChI=1S/C17H16N2O6/c1-10-5-4-8-13(19(23)24)15(10)18-14(20)9-25-17(22)12-7-3-6-11(2)16(12)21/h3-8,21H,9H2,1-2H3,(H,18,20). The summed E-state index contributed by atoms with van der Waals surface area (Å²) in [5, 5.41) is 23.2. The number of aromatic hydroxyl groups is 1. The van der Waals surface area contributed by atoms with Crippen LogP contribution in [0.25, 0.3) is 0 Å². The number of esters is 1. The molecule has 0 aromatic heterocycles. The summed E-state index contributed by atoms with van der Waals surface area (Å²) in [6.07, 6.45) is 0. The second-order valence-electron chi connectivity index (χ2n) is 5.32. The number of ether oxygens (including phenoxy) is 1. The van der Waals surface area contributed by atoms with Gasteiger partial charge in [0.15, 0.2) is 6.61 Å². The van der Waals surface area contributed by atoms with Gasteiger partial charge < -0.3 is 15.2 Å². The topological polar surface area (TPSA) is 119 Å². The number of nitrogens with one attached hydrogen (secondary N) is 1. The van der Waals surface area contributed by atoms with Gasteiger partial charge in [-0.25, -0.2) is 4.79 Å². The Balaban J connectivity index is 2.06. The third-order valence-corrected chi connectivity index (χ3v) is 3.50. The molecule has 2 N–H and O–H groups in total. The minimum atomic E-state index is -0.865. The summed E-state index contributed by atoms with van der Waals surface area (Å²) >= 11 is 0. The van der Waals surface area contributed by atoms with E-state index in [-0.39, 0.29) is 22.7 Å². The number of phenols is 1. The van der Waals surface area contributed by atoms with Crippen LogP contribution in [0, 0.1) is 24.0 Å². The molecule has 0 bridgehead atoms. The van der Waals surface area contributed by atoms with E-state index in [9.17, 15) is 24.8 Å². The number of hydrogen-bond donors (Lipinski definition) is 2. The minimum Gasteiger partial charge on any atom is -0.507 e. The second kappa shape index (κ2) is 7.43. The Kier molecular flexibility index (Phi) is 5.33. The number of phenolic OH excluding ortho intramolecular Hbond substituents is 1. The van der Waals surface area contributed by atoms with Crippen LogP contribution in [0.1, 0.15) is 21.5 Å². The van der Waals surface area contributed by atoms with Crippen molar-refractivity contribution in [3.05, 3.63) is 63.2 Å². The lowest BCUT2D eigenvalue weighted by Gasteiger charge is -2.10. The number of nitro groups is 1. The molecule has 0 unspecified atom stereocenters. The van der Waals surface area contributed by atoms with Crippen molar-refractivity contribution in [3.63, 3.8) is 0 Å². The smallest absolute Gasteiger partial charge is 0.342 e. The number of anilines is 1. The van der Waals surface area contributed by atoms with E-state index < -0.39 is 23.4 Å². The molecule has 0 aliphatic carbocycles. The van der Waals surface area contributed by atoms with Gasteiger partial charge in [-0.1, -0.05) is 24.3 Å². The van der Waals surface area contributed by atoms with Gasteiger partial charge in [-0.2, -0.15) is 0 Å². The molecule has 0 atom stereocenters. The second-order valence-corrected chi connectivity index (χ2v) is 5.32. The van der Waals surface area contributed by atoms with E-state index in [0.717, 1.165) is 0 Å². The molecular weight excluding hydrogens is 328 g/mol. The molecule has 130 valence electrons. The van der Waals surface area contributed by atoms with Crippen molar-refractivity contribution in [2.75, 3.05) is 11.9 Å². The minimum absolute atomic E-state index is 0.0481. The van der Waals surface area contributed by atoms with Crippen molar-refractivity contribution in [2.45, 2.75) is 13.8 Å². The summed E-state index contributed by atoms with van der Waals surface area (Å²) in [6.45, 7) is 2.59. The Morgan fingerprint density at radius 3 is 2.48 bits per heavy atom. The van der Waals surface area contributed by atoms with Crippen LogP contribution in [0.2, 0.25) is 0 Å². The number of nitro benzene ring substituents is 1. The van der Waals surface area contributed by atoms with Crippen molar-refractivity contribution in [1.82, 2.24) is 0 Å². The van der Waals surface area contributed by atoms with E-state index in [4.69, 9.17) is 4.74 Å². The summed E-state index contributed by atoms with van der Waals surface area (Å²) in [5.41, 5.74) is 0.734. The average Bonchev–Trinajstić information content (AvgIpc) is 2.56. The summed E-state index contributed by atoms with van der Waals surface area (Å²) in [5.74, 6) is -1.81. The number of aryl methyl sites for hydroxylation is 2. The Hall–Kier alpha value is -3.42. The number of hydrogen-bond acceptors (Lipinski definition) is 6. The highest BCUT2D eigenvalue weighted by molar-refractivity contribution is 5.98.